The van der Waals surface area contributed by atoms with Crippen LogP contribution in [0, 0.1) is 0 Å². The predicted molar refractivity (Wildman–Crippen MR) is 145 cm³/mol. The number of anilines is 1. The van der Waals surface area contributed by atoms with Gasteiger partial charge >= 0.3 is 0 Å². The van der Waals surface area contributed by atoms with Crippen molar-refractivity contribution in [3.8, 4) is 5.75 Å². The molecule has 0 aliphatic heterocycles. The molecule has 0 N–H and O–H groups in total. The van der Waals surface area contributed by atoms with Crippen molar-refractivity contribution >= 4 is 22.5 Å². The Morgan fingerprint density at radius 2 is 1.46 bits per heavy atom. The van der Waals surface area contributed by atoms with Gasteiger partial charge in [0.15, 0.2) is 0 Å². The zero-order valence-electron chi connectivity index (χ0n) is 20.4. The van der Waals surface area contributed by atoms with Crippen LogP contribution in [0.1, 0.15) is 17.5 Å². The second-order valence-electron chi connectivity index (χ2n) is 8.74. The van der Waals surface area contributed by atoms with Gasteiger partial charge in [-0.25, -0.2) is 4.98 Å². The first-order chi connectivity index (χ1) is 18.2. The topological polar surface area (TPSA) is 64.4 Å². The molecular weight excluding hydrogens is 462 g/mol. The van der Waals surface area contributed by atoms with E-state index in [0.29, 0.717) is 24.1 Å². The minimum absolute atomic E-state index is 0.0735. The number of hydrogen-bond donors (Lipinski definition) is 0. The van der Waals surface area contributed by atoms with Crippen LogP contribution in [0.4, 0.5) is 5.69 Å². The third kappa shape index (κ3) is 5.93. The molecule has 0 radical (unpaired) electrons. The second kappa shape index (κ2) is 11.4. The summed E-state index contributed by atoms with van der Waals surface area (Å²) in [6.07, 6.45) is 1.69. The summed E-state index contributed by atoms with van der Waals surface area (Å²) in [5, 5.41) is 0.548. The van der Waals surface area contributed by atoms with Crippen molar-refractivity contribution in [3.63, 3.8) is 0 Å². The van der Waals surface area contributed by atoms with Gasteiger partial charge in [-0.1, -0.05) is 72.8 Å². The van der Waals surface area contributed by atoms with E-state index in [9.17, 15) is 9.59 Å². The summed E-state index contributed by atoms with van der Waals surface area (Å²) in [4.78, 5) is 32.3. The molecule has 0 fully saturated rings. The first kappa shape index (κ1) is 24.0. The van der Waals surface area contributed by atoms with Crippen molar-refractivity contribution in [2.24, 2.45) is 0 Å². The Morgan fingerprint density at radius 3 is 2.22 bits per heavy atom. The maximum atomic E-state index is 13.4. The minimum atomic E-state index is -0.143. The van der Waals surface area contributed by atoms with E-state index in [1.165, 1.54) is 10.9 Å². The van der Waals surface area contributed by atoms with Gasteiger partial charge in [0.1, 0.15) is 12.4 Å². The number of ether oxygens (including phenoxy) is 1. The standard InChI is InChI=1S/C31H27N3O3/c35-30(19-20-33-23-32-29-14-8-7-13-28(29)31(33)36)34(26-11-5-2-6-12-26)21-24-15-17-27(18-16-24)37-22-25-9-3-1-4-10-25/h1-18,23H,19-22H2. The fourth-order valence-electron chi connectivity index (χ4n) is 4.16. The molecule has 0 saturated heterocycles. The van der Waals surface area contributed by atoms with Gasteiger partial charge < -0.3 is 9.64 Å². The van der Waals surface area contributed by atoms with Crippen molar-refractivity contribution in [3.05, 3.63) is 137 Å². The van der Waals surface area contributed by atoms with E-state index in [2.05, 4.69) is 4.98 Å². The molecule has 184 valence electrons. The molecule has 1 heterocycles. The lowest BCUT2D eigenvalue weighted by Crippen LogP contribution is -2.32. The lowest BCUT2D eigenvalue weighted by atomic mass is 10.1. The maximum absolute atomic E-state index is 13.4. The number of benzene rings is 4. The maximum Gasteiger partial charge on any atom is 0.261 e. The Bertz CT molecular complexity index is 1530. The zero-order chi connectivity index (χ0) is 25.5. The number of nitrogens with zero attached hydrogens (tertiary/aromatic N) is 3. The summed E-state index contributed by atoms with van der Waals surface area (Å²) in [5.41, 5.74) is 3.40. The van der Waals surface area contributed by atoms with Crippen LogP contribution >= 0.6 is 0 Å². The largest absolute Gasteiger partial charge is 0.489 e. The van der Waals surface area contributed by atoms with Gasteiger partial charge in [-0.05, 0) is 47.5 Å². The summed E-state index contributed by atoms with van der Waals surface area (Å²) in [5.74, 6) is 0.698. The Kier molecular flexibility index (Phi) is 7.36. The van der Waals surface area contributed by atoms with Gasteiger partial charge in [0.2, 0.25) is 5.91 Å². The van der Waals surface area contributed by atoms with Crippen LogP contribution in [0.5, 0.6) is 5.75 Å². The van der Waals surface area contributed by atoms with E-state index in [1.807, 2.05) is 97.1 Å². The molecule has 0 atom stereocenters. The zero-order valence-corrected chi connectivity index (χ0v) is 20.4. The van der Waals surface area contributed by atoms with Gasteiger partial charge in [0.25, 0.3) is 5.56 Å². The van der Waals surface area contributed by atoms with Crippen LogP contribution in [-0.4, -0.2) is 15.5 Å². The van der Waals surface area contributed by atoms with Gasteiger partial charge in [0.05, 0.1) is 23.8 Å². The number of amides is 1. The van der Waals surface area contributed by atoms with E-state index < -0.39 is 0 Å². The minimum Gasteiger partial charge on any atom is -0.489 e. The van der Waals surface area contributed by atoms with Crippen molar-refractivity contribution in [1.29, 1.82) is 0 Å². The number of hydrogen-bond acceptors (Lipinski definition) is 4. The highest BCUT2D eigenvalue weighted by Crippen LogP contribution is 2.21. The highest BCUT2D eigenvalue weighted by atomic mass is 16.5. The van der Waals surface area contributed by atoms with E-state index in [1.54, 1.807) is 17.0 Å². The fraction of sp³-hybridized carbons (Fsp3) is 0.129. The molecule has 5 aromatic rings. The SMILES string of the molecule is O=C(CCn1cnc2ccccc2c1=O)N(Cc1ccc(OCc2ccccc2)cc1)c1ccccc1. The average molecular weight is 490 g/mol. The molecular formula is C31H27N3O3. The summed E-state index contributed by atoms with van der Waals surface area (Å²) >= 11 is 0. The number of fused-ring (bicyclic) bond motifs is 1. The average Bonchev–Trinajstić information content (AvgIpc) is 2.96. The van der Waals surface area contributed by atoms with Gasteiger partial charge in [-0.3, -0.25) is 14.2 Å². The third-order valence-electron chi connectivity index (χ3n) is 6.18. The monoisotopic (exact) mass is 489 g/mol. The van der Waals surface area contributed by atoms with E-state index in [-0.39, 0.29) is 24.4 Å². The summed E-state index contributed by atoms with van der Waals surface area (Å²) in [6.45, 7) is 1.16. The molecule has 0 unspecified atom stereocenters. The van der Waals surface area contributed by atoms with Crippen LogP contribution in [0.2, 0.25) is 0 Å². The van der Waals surface area contributed by atoms with Crippen LogP contribution in [0.15, 0.2) is 120 Å². The molecule has 1 aromatic heterocycles. The number of carbonyl (C=O) groups excluding carboxylic acids is 1. The highest BCUT2D eigenvalue weighted by Gasteiger charge is 2.17. The molecule has 37 heavy (non-hydrogen) atoms. The van der Waals surface area contributed by atoms with E-state index in [0.717, 1.165) is 22.6 Å². The smallest absolute Gasteiger partial charge is 0.261 e. The number of carbonyl (C=O) groups is 1. The number of rotatable bonds is 9. The second-order valence-corrected chi connectivity index (χ2v) is 8.74. The van der Waals surface area contributed by atoms with Crippen molar-refractivity contribution < 1.29 is 9.53 Å². The summed E-state index contributed by atoms with van der Waals surface area (Å²) in [7, 11) is 0. The third-order valence-corrected chi connectivity index (χ3v) is 6.18. The molecule has 5 rings (SSSR count). The number of para-hydroxylation sites is 2. The van der Waals surface area contributed by atoms with Gasteiger partial charge in [0, 0.05) is 18.7 Å². The van der Waals surface area contributed by atoms with E-state index >= 15 is 0 Å². The fourth-order valence-corrected chi connectivity index (χ4v) is 4.16. The molecule has 0 aliphatic carbocycles. The van der Waals surface area contributed by atoms with Crippen molar-refractivity contribution in [1.82, 2.24) is 9.55 Å². The molecule has 0 aliphatic rings. The van der Waals surface area contributed by atoms with Crippen LogP contribution < -0.4 is 15.2 Å². The van der Waals surface area contributed by atoms with E-state index in [4.69, 9.17) is 4.74 Å². The van der Waals surface area contributed by atoms with Crippen LogP contribution in [0.25, 0.3) is 10.9 Å². The molecule has 6 heteroatoms. The predicted octanol–water partition coefficient (Wildman–Crippen LogP) is 5.60. The van der Waals surface area contributed by atoms with Crippen molar-refractivity contribution in [2.45, 2.75) is 26.1 Å². The van der Waals surface area contributed by atoms with Crippen LogP contribution in [-0.2, 0) is 24.5 Å². The van der Waals surface area contributed by atoms with Gasteiger partial charge in [-0.2, -0.15) is 0 Å². The molecule has 6 nitrogen and oxygen atoms in total. The first-order valence-corrected chi connectivity index (χ1v) is 12.2. The van der Waals surface area contributed by atoms with Crippen molar-refractivity contribution in [2.75, 3.05) is 4.90 Å². The molecule has 0 saturated carbocycles. The number of aromatic nitrogens is 2. The molecule has 1 amide bonds. The summed E-state index contributed by atoms with van der Waals surface area (Å²) in [6, 6.07) is 34.6. The Balaban J connectivity index is 1.28. The lowest BCUT2D eigenvalue weighted by molar-refractivity contribution is -0.119. The normalized spacial score (nSPS) is 10.8. The summed E-state index contributed by atoms with van der Waals surface area (Å²) < 4.78 is 7.40. The molecule has 0 spiro atoms. The van der Waals surface area contributed by atoms with Crippen LogP contribution in [0.3, 0.4) is 0 Å². The van der Waals surface area contributed by atoms with Gasteiger partial charge in [-0.15, -0.1) is 0 Å². The number of aryl methyl sites for hydroxylation is 1. The lowest BCUT2D eigenvalue weighted by Gasteiger charge is -2.23. The molecule has 0 bridgehead atoms. The quantitative estimate of drug-likeness (QED) is 0.270. The Labute approximate surface area is 215 Å². The highest BCUT2D eigenvalue weighted by molar-refractivity contribution is 5.93. The first-order valence-electron chi connectivity index (χ1n) is 12.2. The Morgan fingerprint density at radius 1 is 0.784 bits per heavy atom. The Hall–Kier alpha value is -4.71. The molecule has 4 aromatic carbocycles.